The Labute approximate surface area is 149 Å². The second-order valence-electron chi connectivity index (χ2n) is 5.82. The molecule has 0 radical (unpaired) electrons. The molecule has 2 aliphatic rings. The van der Waals surface area contributed by atoms with Crippen LogP contribution in [0.25, 0.3) is 0 Å². The van der Waals surface area contributed by atoms with E-state index in [0.717, 1.165) is 10.0 Å². The molecule has 6 nitrogen and oxygen atoms in total. The fourth-order valence-electron chi connectivity index (χ4n) is 4.03. The first-order chi connectivity index (χ1) is 11.5. The number of halogens is 1. The quantitative estimate of drug-likeness (QED) is 0.722. The van der Waals surface area contributed by atoms with Crippen LogP contribution in [-0.4, -0.2) is 25.0 Å². The molecule has 1 saturated carbocycles. The SMILES string of the molecule is CCOC1(OCC)[NH+]=C(N)C2(C#N)C(c3ccccc3Br)C12C#N. The van der Waals surface area contributed by atoms with E-state index in [1.807, 2.05) is 38.1 Å². The molecule has 0 aromatic heterocycles. The summed E-state index contributed by atoms with van der Waals surface area (Å²) < 4.78 is 12.5. The molecule has 3 rings (SSSR count). The fraction of sp³-hybridized carbons (Fsp3) is 0.471. The number of hydrogen-bond acceptors (Lipinski definition) is 5. The highest BCUT2D eigenvalue weighted by Crippen LogP contribution is 2.79. The van der Waals surface area contributed by atoms with E-state index in [0.29, 0.717) is 13.2 Å². The van der Waals surface area contributed by atoms with Crippen LogP contribution >= 0.6 is 15.9 Å². The summed E-state index contributed by atoms with van der Waals surface area (Å²) in [6.07, 6.45) is 0. The van der Waals surface area contributed by atoms with Crippen LogP contribution in [0.15, 0.2) is 28.7 Å². The van der Waals surface area contributed by atoms with Crippen molar-refractivity contribution in [3.8, 4) is 12.1 Å². The Morgan fingerprint density at radius 3 is 2.33 bits per heavy atom. The van der Waals surface area contributed by atoms with E-state index in [-0.39, 0.29) is 5.84 Å². The fourth-order valence-corrected chi connectivity index (χ4v) is 4.54. The van der Waals surface area contributed by atoms with Crippen LogP contribution in [0.4, 0.5) is 0 Å². The first-order valence-electron chi connectivity index (χ1n) is 7.77. The number of hydrogen-bond donors (Lipinski definition) is 2. The summed E-state index contributed by atoms with van der Waals surface area (Å²) in [5, 5.41) is 20.1. The van der Waals surface area contributed by atoms with Crippen LogP contribution in [0.5, 0.6) is 0 Å². The summed E-state index contributed by atoms with van der Waals surface area (Å²) in [4.78, 5) is 2.96. The number of nitrogens with zero attached hydrogens (tertiary/aromatic N) is 2. The summed E-state index contributed by atoms with van der Waals surface area (Å²) in [7, 11) is 0. The summed E-state index contributed by atoms with van der Waals surface area (Å²) in [5.74, 6) is -1.67. The second kappa shape index (κ2) is 5.56. The Kier molecular flexibility index (Phi) is 3.92. The third kappa shape index (κ3) is 1.67. The van der Waals surface area contributed by atoms with Gasteiger partial charge in [-0.25, -0.2) is 4.99 Å². The summed E-state index contributed by atoms with van der Waals surface area (Å²) in [6.45, 7) is 4.25. The van der Waals surface area contributed by atoms with E-state index >= 15 is 0 Å². The third-order valence-electron chi connectivity index (χ3n) is 4.91. The predicted octanol–water partition coefficient (Wildman–Crippen LogP) is 0.744. The van der Waals surface area contributed by atoms with Gasteiger partial charge in [0.1, 0.15) is 0 Å². The van der Waals surface area contributed by atoms with Crippen molar-refractivity contribution >= 4 is 21.8 Å². The molecule has 1 aliphatic heterocycles. The molecule has 124 valence electrons. The van der Waals surface area contributed by atoms with Crippen LogP contribution < -0.4 is 10.7 Å². The van der Waals surface area contributed by atoms with Gasteiger partial charge >= 0.3 is 5.91 Å². The van der Waals surface area contributed by atoms with E-state index in [1.165, 1.54) is 0 Å². The van der Waals surface area contributed by atoms with Gasteiger partial charge in [-0.1, -0.05) is 34.1 Å². The Balaban J connectivity index is 2.25. The lowest BCUT2D eigenvalue weighted by Crippen LogP contribution is -2.91. The minimum atomic E-state index is -1.44. The summed E-state index contributed by atoms with van der Waals surface area (Å²) in [6, 6.07) is 12.1. The van der Waals surface area contributed by atoms with Gasteiger partial charge in [-0.3, -0.25) is 5.73 Å². The van der Waals surface area contributed by atoms with Gasteiger partial charge in [0.2, 0.25) is 0 Å². The second-order valence-corrected chi connectivity index (χ2v) is 6.67. The zero-order chi connectivity index (χ0) is 17.6. The number of nitriles is 2. The smallest absolute Gasteiger partial charge is 0.314 e. The molecule has 3 atom stereocenters. The maximum atomic E-state index is 10.1. The van der Waals surface area contributed by atoms with E-state index in [1.54, 1.807) is 0 Å². The lowest BCUT2D eigenvalue weighted by molar-refractivity contribution is -0.693. The van der Waals surface area contributed by atoms with Crippen molar-refractivity contribution in [3.63, 3.8) is 0 Å². The number of ether oxygens (including phenoxy) is 2. The van der Waals surface area contributed by atoms with Crippen molar-refractivity contribution in [3.05, 3.63) is 34.3 Å². The van der Waals surface area contributed by atoms with Crippen LogP contribution in [0.2, 0.25) is 0 Å². The summed E-state index contributed by atoms with van der Waals surface area (Å²) in [5.41, 5.74) is 4.58. The normalized spacial score (nSPS) is 32.4. The molecule has 1 aliphatic carbocycles. The van der Waals surface area contributed by atoms with Crippen LogP contribution in [0, 0.1) is 33.5 Å². The number of nitrogens with two attached hydrogens (primary N) is 1. The van der Waals surface area contributed by atoms with Crippen molar-refractivity contribution in [2.75, 3.05) is 13.2 Å². The van der Waals surface area contributed by atoms with Crippen molar-refractivity contribution in [2.45, 2.75) is 25.7 Å². The number of benzene rings is 1. The van der Waals surface area contributed by atoms with E-state index in [9.17, 15) is 10.5 Å². The molecule has 0 amide bonds. The molecule has 7 heteroatoms. The van der Waals surface area contributed by atoms with Gasteiger partial charge in [0.05, 0.1) is 25.4 Å². The molecule has 0 spiro atoms. The van der Waals surface area contributed by atoms with Crippen molar-refractivity contribution in [1.29, 1.82) is 10.5 Å². The summed E-state index contributed by atoms with van der Waals surface area (Å²) >= 11 is 3.52. The lowest BCUT2D eigenvalue weighted by Gasteiger charge is -2.29. The zero-order valence-corrected chi connectivity index (χ0v) is 15.1. The largest absolute Gasteiger partial charge is 0.343 e. The molecule has 0 bridgehead atoms. The number of nitrogens with one attached hydrogen (secondary N) is 1. The highest BCUT2D eigenvalue weighted by Gasteiger charge is 2.97. The van der Waals surface area contributed by atoms with Crippen LogP contribution in [0.1, 0.15) is 25.3 Å². The molecule has 3 N–H and O–H groups in total. The highest BCUT2D eigenvalue weighted by atomic mass is 79.9. The van der Waals surface area contributed by atoms with E-state index in [4.69, 9.17) is 15.2 Å². The third-order valence-corrected chi connectivity index (χ3v) is 5.63. The Hall–Kier alpha value is -1.93. The van der Waals surface area contributed by atoms with E-state index < -0.39 is 22.7 Å². The molecule has 1 heterocycles. The Bertz CT molecular complexity index is 791. The van der Waals surface area contributed by atoms with Gasteiger partial charge in [-0.2, -0.15) is 10.5 Å². The molecule has 3 unspecified atom stereocenters. The zero-order valence-electron chi connectivity index (χ0n) is 13.5. The monoisotopic (exact) mass is 389 g/mol. The molecule has 24 heavy (non-hydrogen) atoms. The van der Waals surface area contributed by atoms with Crippen molar-refractivity contribution in [2.24, 2.45) is 16.6 Å². The van der Waals surface area contributed by atoms with Crippen LogP contribution in [-0.2, 0) is 9.47 Å². The topological polar surface area (TPSA) is 106 Å². The minimum absolute atomic E-state index is 0.217. The minimum Gasteiger partial charge on any atom is -0.314 e. The highest BCUT2D eigenvalue weighted by molar-refractivity contribution is 9.10. The van der Waals surface area contributed by atoms with Gasteiger partial charge in [0.15, 0.2) is 10.8 Å². The maximum absolute atomic E-state index is 10.1. The van der Waals surface area contributed by atoms with Gasteiger partial charge in [-0.15, -0.1) is 0 Å². The van der Waals surface area contributed by atoms with Crippen molar-refractivity contribution < 1.29 is 14.5 Å². The number of fused-ring (bicyclic) bond motifs is 1. The molecule has 0 saturated heterocycles. The van der Waals surface area contributed by atoms with Crippen molar-refractivity contribution in [1.82, 2.24) is 0 Å². The Morgan fingerprint density at radius 2 is 1.83 bits per heavy atom. The number of rotatable bonds is 5. The molecule has 1 aromatic carbocycles. The van der Waals surface area contributed by atoms with Gasteiger partial charge in [0, 0.05) is 10.4 Å². The number of amidine groups is 1. The van der Waals surface area contributed by atoms with E-state index in [2.05, 4.69) is 33.1 Å². The van der Waals surface area contributed by atoms with Gasteiger partial charge in [-0.05, 0) is 25.5 Å². The average Bonchev–Trinajstić information content (AvgIpc) is 3.14. The standard InChI is InChI=1S/C17H17BrN4O2/c1-3-23-17(24-4-2)16(10-20)13(11-7-5-6-8-12(11)18)15(16,9-19)14(21)22-17/h5-8,13H,3-4H2,1-2H3,(H2,21,22)/p+1. The molecular formula is C17H18BrN4O2+. The maximum Gasteiger partial charge on any atom is 0.343 e. The first-order valence-corrected chi connectivity index (χ1v) is 8.56. The molecule has 1 aromatic rings. The molecular weight excluding hydrogens is 372 g/mol. The Morgan fingerprint density at radius 1 is 1.21 bits per heavy atom. The predicted molar refractivity (Wildman–Crippen MR) is 89.1 cm³/mol. The van der Waals surface area contributed by atoms with Gasteiger partial charge in [0.25, 0.3) is 5.84 Å². The average molecular weight is 390 g/mol. The molecule has 1 fully saturated rings. The first kappa shape index (κ1) is 16.9. The lowest BCUT2D eigenvalue weighted by atomic mass is 9.93. The van der Waals surface area contributed by atoms with Gasteiger partial charge < -0.3 is 9.47 Å². The van der Waals surface area contributed by atoms with Crippen LogP contribution in [0.3, 0.4) is 0 Å².